The second kappa shape index (κ2) is 6.98. The first-order valence-electron chi connectivity index (χ1n) is 5.56. The van der Waals surface area contributed by atoms with Gasteiger partial charge >= 0.3 is 5.97 Å². The average molecular weight is 289 g/mol. The van der Waals surface area contributed by atoms with Crippen molar-refractivity contribution in [2.75, 3.05) is 18.2 Å². The van der Waals surface area contributed by atoms with Gasteiger partial charge in [0.15, 0.2) is 0 Å². The molecule has 0 saturated carbocycles. The first-order valence-corrected chi connectivity index (χ1v) is 6.71. The Morgan fingerprint density at radius 1 is 1.47 bits per heavy atom. The Hall–Kier alpha value is -1.77. The molecular weight excluding hydrogens is 274 g/mol. The summed E-state index contributed by atoms with van der Waals surface area (Å²) in [6.45, 7) is -0.174. The number of carbonyl (C=O) groups excluding carboxylic acids is 3. The maximum Gasteiger partial charge on any atom is 0.326 e. The average Bonchev–Trinajstić information content (AvgIpc) is 2.69. The molecule has 19 heavy (non-hydrogen) atoms. The van der Waals surface area contributed by atoms with E-state index in [1.54, 1.807) is 0 Å². The molecule has 0 radical (unpaired) electrons. The highest BCUT2D eigenvalue weighted by molar-refractivity contribution is 8.00. The minimum Gasteiger partial charge on any atom is -0.480 e. The van der Waals surface area contributed by atoms with Gasteiger partial charge in [-0.05, 0) is 6.42 Å². The number of amides is 3. The summed E-state index contributed by atoms with van der Waals surface area (Å²) in [5.74, 6) is -1.83. The lowest BCUT2D eigenvalue weighted by atomic mass is 10.1. The van der Waals surface area contributed by atoms with Crippen molar-refractivity contribution in [3.05, 3.63) is 0 Å². The Labute approximate surface area is 113 Å². The minimum atomic E-state index is -1.24. The largest absolute Gasteiger partial charge is 0.480 e. The zero-order valence-corrected chi connectivity index (χ0v) is 10.9. The molecule has 1 saturated heterocycles. The highest BCUT2D eigenvalue weighted by Gasteiger charge is 2.25. The Bertz CT molecular complexity index is 401. The third kappa shape index (κ3) is 5.16. The normalized spacial score (nSPS) is 16.2. The van der Waals surface area contributed by atoms with Gasteiger partial charge in [0.2, 0.25) is 17.7 Å². The summed E-state index contributed by atoms with van der Waals surface area (Å²) in [5, 5.41) is 11.2. The van der Waals surface area contributed by atoms with E-state index >= 15 is 0 Å². The highest BCUT2D eigenvalue weighted by atomic mass is 32.2. The number of hydrogen-bond acceptors (Lipinski definition) is 5. The number of carboxylic acids is 1. The Morgan fingerprint density at radius 2 is 2.16 bits per heavy atom. The summed E-state index contributed by atoms with van der Waals surface area (Å²) in [4.78, 5) is 45.7. The molecule has 0 spiro atoms. The van der Waals surface area contributed by atoms with E-state index in [0.29, 0.717) is 11.6 Å². The fourth-order valence-corrected chi connectivity index (χ4v) is 2.40. The molecule has 1 fully saturated rings. The molecule has 0 aromatic carbocycles. The fourth-order valence-electron chi connectivity index (χ4n) is 1.50. The van der Waals surface area contributed by atoms with Crippen LogP contribution in [0.1, 0.15) is 12.8 Å². The van der Waals surface area contributed by atoms with Crippen LogP contribution in [0.15, 0.2) is 0 Å². The molecule has 1 aliphatic heterocycles. The zero-order chi connectivity index (χ0) is 14.4. The third-order valence-corrected chi connectivity index (χ3v) is 3.42. The zero-order valence-electron chi connectivity index (χ0n) is 10.1. The molecule has 0 unspecified atom stereocenters. The van der Waals surface area contributed by atoms with Crippen molar-refractivity contribution in [2.45, 2.75) is 18.9 Å². The van der Waals surface area contributed by atoms with E-state index in [2.05, 4.69) is 5.32 Å². The molecule has 3 amide bonds. The number of nitrogens with one attached hydrogen (secondary N) is 1. The molecule has 0 aromatic heterocycles. The van der Waals surface area contributed by atoms with Crippen LogP contribution in [0.4, 0.5) is 0 Å². The third-order valence-electron chi connectivity index (χ3n) is 2.47. The van der Waals surface area contributed by atoms with Gasteiger partial charge in [0.1, 0.15) is 12.6 Å². The van der Waals surface area contributed by atoms with E-state index in [1.807, 2.05) is 0 Å². The molecule has 1 atom stereocenters. The van der Waals surface area contributed by atoms with Gasteiger partial charge in [-0.1, -0.05) is 0 Å². The standard InChI is InChI=1S/C10H15N3O5S/c11-7(14)2-1-6(10(17)18)12-8(15)3-13-5-19-4-9(13)16/h6H,1-5H2,(H2,11,14)(H,12,15)(H,17,18)/t6-/m1/s1. The summed E-state index contributed by atoms with van der Waals surface area (Å²) in [7, 11) is 0. The van der Waals surface area contributed by atoms with E-state index in [4.69, 9.17) is 10.8 Å². The first kappa shape index (κ1) is 15.3. The quantitative estimate of drug-likeness (QED) is 0.515. The van der Waals surface area contributed by atoms with Crippen LogP contribution in [0.2, 0.25) is 0 Å². The molecule has 1 aliphatic rings. The van der Waals surface area contributed by atoms with E-state index in [1.165, 1.54) is 16.7 Å². The van der Waals surface area contributed by atoms with Gasteiger partial charge in [-0.15, -0.1) is 11.8 Å². The lowest BCUT2D eigenvalue weighted by Crippen LogP contribution is -2.46. The van der Waals surface area contributed by atoms with Crippen molar-refractivity contribution in [2.24, 2.45) is 5.73 Å². The highest BCUT2D eigenvalue weighted by Crippen LogP contribution is 2.14. The van der Waals surface area contributed by atoms with Crippen molar-refractivity contribution in [1.29, 1.82) is 0 Å². The van der Waals surface area contributed by atoms with E-state index in [9.17, 15) is 19.2 Å². The molecule has 0 bridgehead atoms. The summed E-state index contributed by atoms with van der Waals surface area (Å²) >= 11 is 1.39. The van der Waals surface area contributed by atoms with Crippen LogP contribution >= 0.6 is 11.8 Å². The maximum atomic E-state index is 11.6. The Balaban J connectivity index is 2.44. The topological polar surface area (TPSA) is 130 Å². The van der Waals surface area contributed by atoms with Crippen molar-refractivity contribution >= 4 is 35.5 Å². The molecule has 1 rings (SSSR count). The van der Waals surface area contributed by atoms with Gasteiger partial charge in [0.25, 0.3) is 0 Å². The summed E-state index contributed by atoms with van der Waals surface area (Å²) in [6, 6.07) is -1.18. The van der Waals surface area contributed by atoms with Gasteiger partial charge in [0.05, 0.1) is 11.6 Å². The molecule has 106 valence electrons. The molecule has 4 N–H and O–H groups in total. The van der Waals surface area contributed by atoms with Gasteiger partial charge < -0.3 is 21.1 Å². The van der Waals surface area contributed by atoms with Crippen molar-refractivity contribution in [3.63, 3.8) is 0 Å². The summed E-state index contributed by atoms with van der Waals surface area (Å²) in [6.07, 6.45) is -0.200. The predicted molar refractivity (Wildman–Crippen MR) is 67.0 cm³/mol. The molecular formula is C10H15N3O5S. The number of rotatable bonds is 7. The van der Waals surface area contributed by atoms with E-state index in [0.717, 1.165) is 0 Å². The summed E-state index contributed by atoms with van der Waals surface area (Å²) < 4.78 is 0. The number of nitrogens with zero attached hydrogens (tertiary/aromatic N) is 1. The Kier molecular flexibility index (Phi) is 5.61. The van der Waals surface area contributed by atoms with Crippen LogP contribution in [-0.2, 0) is 19.2 Å². The van der Waals surface area contributed by atoms with E-state index in [-0.39, 0.29) is 25.3 Å². The number of aliphatic carboxylic acids is 1. The number of carboxylic acid groups (broad SMARTS) is 1. The first-order chi connectivity index (χ1) is 8.90. The van der Waals surface area contributed by atoms with Crippen molar-refractivity contribution < 1.29 is 24.3 Å². The Morgan fingerprint density at radius 3 is 2.63 bits per heavy atom. The smallest absolute Gasteiger partial charge is 0.326 e. The number of hydrogen-bond donors (Lipinski definition) is 3. The number of carbonyl (C=O) groups is 4. The molecule has 8 nitrogen and oxygen atoms in total. The second-order valence-electron chi connectivity index (χ2n) is 4.03. The van der Waals surface area contributed by atoms with Crippen LogP contribution in [0.3, 0.4) is 0 Å². The SMILES string of the molecule is NC(=O)CC[C@@H](NC(=O)CN1CSCC1=O)C(=O)O. The molecule has 0 aliphatic carbocycles. The van der Waals surface area contributed by atoms with Gasteiger partial charge in [0, 0.05) is 6.42 Å². The van der Waals surface area contributed by atoms with Crippen LogP contribution in [0.25, 0.3) is 0 Å². The lowest BCUT2D eigenvalue weighted by Gasteiger charge is -2.17. The number of thioether (sulfide) groups is 1. The van der Waals surface area contributed by atoms with Gasteiger partial charge in [-0.2, -0.15) is 0 Å². The van der Waals surface area contributed by atoms with Gasteiger partial charge in [-0.3, -0.25) is 14.4 Å². The molecule has 9 heteroatoms. The summed E-state index contributed by atoms with van der Waals surface area (Å²) in [5.41, 5.74) is 4.92. The van der Waals surface area contributed by atoms with Gasteiger partial charge in [-0.25, -0.2) is 4.79 Å². The van der Waals surface area contributed by atoms with Crippen molar-refractivity contribution in [3.8, 4) is 0 Å². The molecule has 0 aromatic rings. The lowest BCUT2D eigenvalue weighted by molar-refractivity contribution is -0.142. The van der Waals surface area contributed by atoms with Crippen molar-refractivity contribution in [1.82, 2.24) is 10.2 Å². The monoisotopic (exact) mass is 289 g/mol. The van der Waals surface area contributed by atoms with E-state index < -0.39 is 23.8 Å². The number of nitrogens with two attached hydrogens (primary N) is 1. The van der Waals surface area contributed by atoms with Crippen LogP contribution < -0.4 is 11.1 Å². The van der Waals surface area contributed by atoms with Crippen LogP contribution in [0, 0.1) is 0 Å². The fraction of sp³-hybridized carbons (Fsp3) is 0.600. The van der Waals surface area contributed by atoms with Crippen LogP contribution in [-0.4, -0.2) is 57.9 Å². The minimum absolute atomic E-state index is 0.0703. The molecule has 1 heterocycles. The van der Waals surface area contributed by atoms with Crippen LogP contribution in [0.5, 0.6) is 0 Å². The number of primary amides is 1. The maximum absolute atomic E-state index is 11.6. The second-order valence-corrected chi connectivity index (χ2v) is 4.99. The predicted octanol–water partition coefficient (Wildman–Crippen LogP) is -1.65.